The van der Waals surface area contributed by atoms with Gasteiger partial charge in [-0.1, -0.05) is 19.1 Å². The van der Waals surface area contributed by atoms with Crippen LogP contribution < -0.4 is 16.6 Å². The predicted octanol–water partition coefficient (Wildman–Crippen LogP) is 2.94. The van der Waals surface area contributed by atoms with Crippen molar-refractivity contribution in [2.45, 2.75) is 13.3 Å². The maximum absolute atomic E-state index is 12.2. The smallest absolute Gasteiger partial charge is 0.259 e. The number of nitrogens with zero attached hydrogens (tertiary/aromatic N) is 1. The highest BCUT2D eigenvalue weighted by Crippen LogP contribution is 2.19. The highest BCUT2D eigenvalue weighted by atomic mass is 79.9. The molecule has 2 rings (SSSR count). The Morgan fingerprint density at radius 1 is 1.35 bits per heavy atom. The molecule has 0 bridgehead atoms. The third kappa shape index (κ3) is 3.34. The van der Waals surface area contributed by atoms with E-state index in [0.717, 1.165) is 12.1 Å². The van der Waals surface area contributed by atoms with Gasteiger partial charge >= 0.3 is 0 Å². The van der Waals surface area contributed by atoms with Gasteiger partial charge in [0.15, 0.2) is 5.82 Å². The Kier molecular flexibility index (Phi) is 4.70. The van der Waals surface area contributed by atoms with Crippen LogP contribution in [0.1, 0.15) is 22.8 Å². The molecule has 1 aromatic carbocycles. The van der Waals surface area contributed by atoms with Crippen molar-refractivity contribution in [1.29, 1.82) is 0 Å². The fraction of sp³-hybridized carbons (Fsp3) is 0.143. The van der Waals surface area contributed by atoms with E-state index < -0.39 is 0 Å². The lowest BCUT2D eigenvalue weighted by Gasteiger charge is -2.09. The Morgan fingerprint density at radius 3 is 2.65 bits per heavy atom. The van der Waals surface area contributed by atoms with Crippen molar-refractivity contribution in [1.82, 2.24) is 4.98 Å². The first-order valence-electron chi connectivity index (χ1n) is 6.16. The van der Waals surface area contributed by atoms with E-state index in [1.165, 1.54) is 5.56 Å². The number of carbonyl (C=O) groups excluding carboxylic acids is 1. The molecule has 1 aromatic heterocycles. The molecule has 0 atom stereocenters. The van der Waals surface area contributed by atoms with Crippen molar-refractivity contribution in [3.63, 3.8) is 0 Å². The van der Waals surface area contributed by atoms with E-state index in [0.29, 0.717) is 15.9 Å². The Balaban J connectivity index is 2.20. The number of hydrogen-bond acceptors (Lipinski definition) is 4. The van der Waals surface area contributed by atoms with E-state index in [1.54, 1.807) is 12.3 Å². The molecule has 0 spiro atoms. The van der Waals surface area contributed by atoms with Crippen LogP contribution in [0.2, 0.25) is 0 Å². The minimum Gasteiger partial charge on any atom is -0.322 e. The minimum atomic E-state index is -0.268. The molecule has 0 aliphatic rings. The van der Waals surface area contributed by atoms with E-state index in [9.17, 15) is 4.79 Å². The molecule has 1 amide bonds. The lowest BCUT2D eigenvalue weighted by Crippen LogP contribution is -2.18. The van der Waals surface area contributed by atoms with Crippen LogP contribution in [0.3, 0.4) is 0 Å². The SMILES string of the molecule is CCc1ccc(NC(=O)c2cc(Br)cnc2NN)cc1. The molecule has 5 nitrogen and oxygen atoms in total. The molecule has 2 aromatic rings. The van der Waals surface area contributed by atoms with Gasteiger partial charge < -0.3 is 10.7 Å². The molecule has 1 heterocycles. The van der Waals surface area contributed by atoms with Crippen LogP contribution in [0.4, 0.5) is 11.5 Å². The number of aromatic nitrogens is 1. The molecule has 0 fully saturated rings. The van der Waals surface area contributed by atoms with Gasteiger partial charge in [-0.15, -0.1) is 0 Å². The van der Waals surface area contributed by atoms with Crippen molar-refractivity contribution < 1.29 is 4.79 Å². The molecule has 0 unspecified atom stereocenters. The van der Waals surface area contributed by atoms with Crippen LogP contribution in [0, 0.1) is 0 Å². The number of hydrogen-bond donors (Lipinski definition) is 3. The minimum absolute atomic E-state index is 0.268. The van der Waals surface area contributed by atoms with Crippen molar-refractivity contribution in [2.75, 3.05) is 10.7 Å². The lowest BCUT2D eigenvalue weighted by molar-refractivity contribution is 0.102. The number of carbonyl (C=O) groups is 1. The van der Waals surface area contributed by atoms with Gasteiger partial charge in [0.2, 0.25) is 0 Å². The Bertz CT molecular complexity index is 613. The van der Waals surface area contributed by atoms with Gasteiger partial charge in [-0.05, 0) is 46.1 Å². The van der Waals surface area contributed by atoms with Gasteiger partial charge in [0.1, 0.15) is 0 Å². The van der Waals surface area contributed by atoms with Gasteiger partial charge in [0.05, 0.1) is 5.56 Å². The number of amides is 1. The molecule has 0 radical (unpaired) electrons. The van der Waals surface area contributed by atoms with Crippen LogP contribution >= 0.6 is 15.9 Å². The monoisotopic (exact) mass is 334 g/mol. The molecule has 104 valence electrons. The zero-order valence-corrected chi connectivity index (χ0v) is 12.6. The second-order valence-electron chi connectivity index (χ2n) is 4.20. The summed E-state index contributed by atoms with van der Waals surface area (Å²) < 4.78 is 0.711. The van der Waals surface area contributed by atoms with E-state index in [1.807, 2.05) is 24.3 Å². The maximum atomic E-state index is 12.2. The molecule has 6 heteroatoms. The molecule has 0 aliphatic heterocycles. The molecule has 0 saturated heterocycles. The zero-order valence-electron chi connectivity index (χ0n) is 11.0. The Hall–Kier alpha value is -1.92. The van der Waals surface area contributed by atoms with Gasteiger partial charge in [0, 0.05) is 16.4 Å². The number of benzene rings is 1. The van der Waals surface area contributed by atoms with Gasteiger partial charge in [-0.2, -0.15) is 0 Å². The lowest BCUT2D eigenvalue weighted by atomic mass is 10.1. The Labute approximate surface area is 125 Å². The second kappa shape index (κ2) is 6.49. The standard InChI is InChI=1S/C14H15BrN4O/c1-2-9-3-5-11(6-4-9)18-14(20)12-7-10(15)8-17-13(12)19-16/h3-8H,2,16H2,1H3,(H,17,19)(H,18,20). The van der Waals surface area contributed by atoms with E-state index >= 15 is 0 Å². The highest BCUT2D eigenvalue weighted by Gasteiger charge is 2.13. The largest absolute Gasteiger partial charge is 0.322 e. The number of rotatable bonds is 4. The van der Waals surface area contributed by atoms with Crippen molar-refractivity contribution >= 4 is 33.3 Å². The summed E-state index contributed by atoms with van der Waals surface area (Å²) in [6, 6.07) is 9.38. The summed E-state index contributed by atoms with van der Waals surface area (Å²) in [7, 11) is 0. The molecular weight excluding hydrogens is 320 g/mol. The van der Waals surface area contributed by atoms with E-state index in [-0.39, 0.29) is 5.91 Å². The summed E-state index contributed by atoms with van der Waals surface area (Å²) in [5.74, 6) is 5.42. The number of halogens is 1. The third-order valence-electron chi connectivity index (χ3n) is 2.86. The van der Waals surface area contributed by atoms with Crippen LogP contribution in [0.5, 0.6) is 0 Å². The van der Waals surface area contributed by atoms with Crippen molar-refractivity contribution in [3.05, 3.63) is 52.1 Å². The average Bonchev–Trinajstić information content (AvgIpc) is 2.48. The topological polar surface area (TPSA) is 80.0 Å². The number of nitrogens with two attached hydrogens (primary N) is 1. The number of nitrogen functional groups attached to an aromatic ring is 1. The second-order valence-corrected chi connectivity index (χ2v) is 5.11. The number of anilines is 2. The highest BCUT2D eigenvalue weighted by molar-refractivity contribution is 9.10. The van der Waals surface area contributed by atoms with E-state index in [4.69, 9.17) is 5.84 Å². The summed E-state index contributed by atoms with van der Waals surface area (Å²) in [6.45, 7) is 2.08. The fourth-order valence-electron chi connectivity index (χ4n) is 1.75. The molecule has 20 heavy (non-hydrogen) atoms. The molecular formula is C14H15BrN4O. The number of nitrogens with one attached hydrogen (secondary N) is 2. The Morgan fingerprint density at radius 2 is 2.05 bits per heavy atom. The maximum Gasteiger partial charge on any atom is 0.259 e. The summed E-state index contributed by atoms with van der Waals surface area (Å²) >= 11 is 3.29. The molecule has 4 N–H and O–H groups in total. The first kappa shape index (κ1) is 14.5. The van der Waals surface area contributed by atoms with Crippen LogP contribution in [-0.2, 0) is 6.42 Å². The number of aryl methyl sites for hydroxylation is 1. The summed E-state index contributed by atoms with van der Waals surface area (Å²) in [4.78, 5) is 16.3. The van der Waals surface area contributed by atoms with Crippen LogP contribution in [0.25, 0.3) is 0 Å². The fourth-order valence-corrected chi connectivity index (χ4v) is 2.08. The quantitative estimate of drug-likeness (QED) is 0.593. The normalized spacial score (nSPS) is 10.2. The van der Waals surface area contributed by atoms with Crippen molar-refractivity contribution in [3.8, 4) is 0 Å². The first-order valence-corrected chi connectivity index (χ1v) is 6.95. The summed E-state index contributed by atoms with van der Waals surface area (Å²) in [5.41, 5.74) is 4.74. The van der Waals surface area contributed by atoms with Gasteiger partial charge in [-0.3, -0.25) is 4.79 Å². The van der Waals surface area contributed by atoms with Gasteiger partial charge in [-0.25, -0.2) is 10.8 Å². The molecule has 0 aliphatic carbocycles. The zero-order chi connectivity index (χ0) is 14.5. The first-order chi connectivity index (χ1) is 9.63. The average molecular weight is 335 g/mol. The summed E-state index contributed by atoms with van der Waals surface area (Å²) in [5, 5.41) is 2.82. The van der Waals surface area contributed by atoms with Crippen molar-refractivity contribution in [2.24, 2.45) is 5.84 Å². The number of hydrazine groups is 1. The number of pyridine rings is 1. The van der Waals surface area contributed by atoms with Gasteiger partial charge in [0.25, 0.3) is 5.91 Å². The van der Waals surface area contributed by atoms with E-state index in [2.05, 4.69) is 38.6 Å². The van der Waals surface area contributed by atoms with Crippen LogP contribution in [0.15, 0.2) is 41.0 Å². The van der Waals surface area contributed by atoms with Crippen LogP contribution in [-0.4, -0.2) is 10.9 Å². The predicted molar refractivity (Wildman–Crippen MR) is 83.5 cm³/mol. The third-order valence-corrected chi connectivity index (χ3v) is 3.29. The molecule has 0 saturated carbocycles. The summed E-state index contributed by atoms with van der Waals surface area (Å²) in [6.07, 6.45) is 2.53.